The van der Waals surface area contributed by atoms with E-state index in [4.69, 9.17) is 9.84 Å². The Morgan fingerprint density at radius 1 is 1.00 bits per heavy atom. The molecule has 0 aromatic heterocycles. The topological polar surface area (TPSA) is 29.5 Å². The van der Waals surface area contributed by atoms with Crippen LogP contribution in [0.5, 0.6) is 11.5 Å². The van der Waals surface area contributed by atoms with Gasteiger partial charge < -0.3 is 9.84 Å². The summed E-state index contributed by atoms with van der Waals surface area (Å²) in [5.74, 6) is 1.75. The van der Waals surface area contributed by atoms with Gasteiger partial charge in [-0.25, -0.2) is 0 Å². The molecule has 2 aromatic rings. The minimum atomic E-state index is 0.134. The standard InChI is InChI=1S/C15H16O2/c1-12(11-16)13-6-5-9-15(10-13)17-14-7-3-2-4-8-14/h2-10,12,16H,11H2,1H3/t12-/m1/s1. The highest BCUT2D eigenvalue weighted by atomic mass is 16.5. The molecular formula is C15H16O2. The van der Waals surface area contributed by atoms with Crippen molar-refractivity contribution in [1.29, 1.82) is 0 Å². The molecule has 0 amide bonds. The summed E-state index contributed by atoms with van der Waals surface area (Å²) in [4.78, 5) is 0. The summed E-state index contributed by atoms with van der Waals surface area (Å²) in [7, 11) is 0. The second-order valence-electron chi connectivity index (χ2n) is 4.07. The van der Waals surface area contributed by atoms with Crippen molar-refractivity contribution >= 4 is 0 Å². The van der Waals surface area contributed by atoms with Crippen molar-refractivity contribution in [2.45, 2.75) is 12.8 Å². The van der Waals surface area contributed by atoms with Crippen molar-refractivity contribution in [3.63, 3.8) is 0 Å². The van der Waals surface area contributed by atoms with E-state index in [1.807, 2.05) is 61.5 Å². The number of para-hydroxylation sites is 1. The Balaban J connectivity index is 2.17. The number of hydrogen-bond acceptors (Lipinski definition) is 2. The minimum absolute atomic E-state index is 0.134. The number of rotatable bonds is 4. The maximum absolute atomic E-state index is 9.13. The molecular weight excluding hydrogens is 212 g/mol. The van der Waals surface area contributed by atoms with E-state index in [2.05, 4.69) is 0 Å². The fourth-order valence-electron chi connectivity index (χ4n) is 1.61. The van der Waals surface area contributed by atoms with E-state index in [-0.39, 0.29) is 12.5 Å². The molecule has 0 fully saturated rings. The summed E-state index contributed by atoms with van der Waals surface area (Å²) < 4.78 is 5.73. The van der Waals surface area contributed by atoms with Crippen LogP contribution in [0.1, 0.15) is 18.4 Å². The second-order valence-corrected chi connectivity index (χ2v) is 4.07. The zero-order valence-electron chi connectivity index (χ0n) is 9.84. The molecule has 1 atom stereocenters. The predicted molar refractivity (Wildman–Crippen MR) is 68.5 cm³/mol. The lowest BCUT2D eigenvalue weighted by molar-refractivity contribution is 0.273. The van der Waals surface area contributed by atoms with E-state index >= 15 is 0 Å². The van der Waals surface area contributed by atoms with E-state index in [0.29, 0.717) is 0 Å². The van der Waals surface area contributed by atoms with Crippen molar-refractivity contribution < 1.29 is 9.84 Å². The maximum Gasteiger partial charge on any atom is 0.127 e. The lowest BCUT2D eigenvalue weighted by Gasteiger charge is -2.11. The molecule has 0 unspecified atom stereocenters. The highest BCUT2D eigenvalue weighted by molar-refractivity contribution is 5.35. The molecule has 0 saturated heterocycles. The number of aliphatic hydroxyl groups excluding tert-OH is 1. The molecule has 0 spiro atoms. The Morgan fingerprint density at radius 2 is 1.71 bits per heavy atom. The van der Waals surface area contributed by atoms with Gasteiger partial charge in [-0.1, -0.05) is 37.3 Å². The first-order valence-corrected chi connectivity index (χ1v) is 5.73. The molecule has 2 rings (SSSR count). The zero-order valence-corrected chi connectivity index (χ0v) is 9.84. The molecule has 0 saturated carbocycles. The molecule has 0 aliphatic rings. The van der Waals surface area contributed by atoms with Gasteiger partial charge in [-0.05, 0) is 29.8 Å². The minimum Gasteiger partial charge on any atom is -0.457 e. The van der Waals surface area contributed by atoms with Crippen LogP contribution < -0.4 is 4.74 Å². The van der Waals surface area contributed by atoms with Crippen LogP contribution >= 0.6 is 0 Å². The molecule has 2 heteroatoms. The highest BCUT2D eigenvalue weighted by Gasteiger charge is 2.05. The quantitative estimate of drug-likeness (QED) is 0.866. The zero-order chi connectivity index (χ0) is 12.1. The molecule has 0 aliphatic heterocycles. The summed E-state index contributed by atoms with van der Waals surface area (Å²) in [6.07, 6.45) is 0. The van der Waals surface area contributed by atoms with E-state index in [0.717, 1.165) is 17.1 Å². The monoisotopic (exact) mass is 228 g/mol. The lowest BCUT2D eigenvalue weighted by atomic mass is 10.0. The average molecular weight is 228 g/mol. The van der Waals surface area contributed by atoms with E-state index in [9.17, 15) is 0 Å². The Kier molecular flexibility index (Phi) is 3.78. The fraction of sp³-hybridized carbons (Fsp3) is 0.200. The maximum atomic E-state index is 9.13. The first-order chi connectivity index (χ1) is 8.29. The fourth-order valence-corrected chi connectivity index (χ4v) is 1.61. The van der Waals surface area contributed by atoms with E-state index < -0.39 is 0 Å². The molecule has 0 aliphatic carbocycles. The Bertz CT molecular complexity index is 465. The largest absolute Gasteiger partial charge is 0.457 e. The lowest BCUT2D eigenvalue weighted by Crippen LogP contribution is -1.98. The predicted octanol–water partition coefficient (Wildman–Crippen LogP) is 3.57. The van der Waals surface area contributed by atoms with Crippen molar-refractivity contribution in [1.82, 2.24) is 0 Å². The van der Waals surface area contributed by atoms with Gasteiger partial charge in [0.25, 0.3) is 0 Å². The van der Waals surface area contributed by atoms with Crippen molar-refractivity contribution in [3.8, 4) is 11.5 Å². The van der Waals surface area contributed by atoms with Gasteiger partial charge in [0.05, 0.1) is 0 Å². The molecule has 0 heterocycles. The Hall–Kier alpha value is -1.80. The summed E-state index contributed by atoms with van der Waals surface area (Å²) in [6.45, 7) is 2.14. The molecule has 17 heavy (non-hydrogen) atoms. The molecule has 1 N–H and O–H groups in total. The first-order valence-electron chi connectivity index (χ1n) is 5.73. The van der Waals surface area contributed by atoms with Crippen molar-refractivity contribution in [2.24, 2.45) is 0 Å². The van der Waals surface area contributed by atoms with Crippen LogP contribution in [-0.4, -0.2) is 11.7 Å². The summed E-state index contributed by atoms with van der Waals surface area (Å²) in [5, 5.41) is 9.13. The van der Waals surface area contributed by atoms with Crippen LogP contribution in [0.15, 0.2) is 54.6 Å². The summed E-state index contributed by atoms with van der Waals surface area (Å²) >= 11 is 0. The number of hydrogen-bond donors (Lipinski definition) is 1. The summed E-state index contributed by atoms with van der Waals surface area (Å²) in [5.41, 5.74) is 1.08. The SMILES string of the molecule is C[C@H](CO)c1cccc(Oc2ccccc2)c1. The normalized spacial score (nSPS) is 12.1. The van der Waals surface area contributed by atoms with Gasteiger partial charge in [-0.15, -0.1) is 0 Å². The van der Waals surface area contributed by atoms with Gasteiger partial charge >= 0.3 is 0 Å². The third kappa shape index (κ3) is 3.08. The van der Waals surface area contributed by atoms with Gasteiger partial charge in [-0.3, -0.25) is 0 Å². The Labute approximate surface area is 101 Å². The van der Waals surface area contributed by atoms with Crippen molar-refractivity contribution in [3.05, 3.63) is 60.2 Å². The molecule has 2 aromatic carbocycles. The number of aliphatic hydroxyl groups is 1. The van der Waals surface area contributed by atoms with Crippen LogP contribution in [0.2, 0.25) is 0 Å². The second kappa shape index (κ2) is 5.51. The van der Waals surface area contributed by atoms with Crippen LogP contribution in [0, 0.1) is 0 Å². The number of benzene rings is 2. The van der Waals surface area contributed by atoms with Gasteiger partial charge in [0.15, 0.2) is 0 Å². The molecule has 0 bridgehead atoms. The van der Waals surface area contributed by atoms with Crippen LogP contribution in [-0.2, 0) is 0 Å². The van der Waals surface area contributed by atoms with Gasteiger partial charge in [0.2, 0.25) is 0 Å². The summed E-state index contributed by atoms with van der Waals surface area (Å²) in [6, 6.07) is 17.5. The van der Waals surface area contributed by atoms with Crippen LogP contribution in [0.3, 0.4) is 0 Å². The van der Waals surface area contributed by atoms with Crippen LogP contribution in [0.25, 0.3) is 0 Å². The molecule has 88 valence electrons. The smallest absolute Gasteiger partial charge is 0.127 e. The van der Waals surface area contributed by atoms with Crippen LogP contribution in [0.4, 0.5) is 0 Å². The number of ether oxygens (including phenoxy) is 1. The van der Waals surface area contributed by atoms with Gasteiger partial charge in [0.1, 0.15) is 11.5 Å². The highest BCUT2D eigenvalue weighted by Crippen LogP contribution is 2.24. The Morgan fingerprint density at radius 3 is 2.41 bits per heavy atom. The van der Waals surface area contributed by atoms with Crippen molar-refractivity contribution in [2.75, 3.05) is 6.61 Å². The van der Waals surface area contributed by atoms with E-state index in [1.54, 1.807) is 0 Å². The third-order valence-electron chi connectivity index (χ3n) is 2.68. The molecule has 2 nitrogen and oxygen atoms in total. The average Bonchev–Trinajstić information content (AvgIpc) is 2.39. The first kappa shape index (κ1) is 11.7. The van der Waals surface area contributed by atoms with E-state index in [1.165, 1.54) is 0 Å². The van der Waals surface area contributed by atoms with Gasteiger partial charge in [0, 0.05) is 12.5 Å². The third-order valence-corrected chi connectivity index (χ3v) is 2.68. The molecule has 0 radical (unpaired) electrons. The van der Waals surface area contributed by atoms with Gasteiger partial charge in [-0.2, -0.15) is 0 Å².